The summed E-state index contributed by atoms with van der Waals surface area (Å²) < 4.78 is 112. The predicted octanol–water partition coefficient (Wildman–Crippen LogP) is 27.9. The summed E-state index contributed by atoms with van der Waals surface area (Å²) >= 11 is 0. The third-order valence-corrected chi connectivity index (χ3v) is 21.7. The molecule has 0 atom stereocenters. The monoisotopic (exact) mass is 1330 g/mol. The van der Waals surface area contributed by atoms with Crippen molar-refractivity contribution in [1.29, 1.82) is 0 Å². The Morgan fingerprint density at radius 3 is 0.827 bits per heavy atom. The summed E-state index contributed by atoms with van der Waals surface area (Å²) in [5, 5.41) is 0. The Labute approximate surface area is 580 Å². The second kappa shape index (κ2) is 36.3. The summed E-state index contributed by atoms with van der Waals surface area (Å²) in [6, 6.07) is 45.1. The Kier molecular flexibility index (Phi) is 27.6. The van der Waals surface area contributed by atoms with Crippen LogP contribution in [0.25, 0.3) is 44.5 Å². The van der Waals surface area contributed by atoms with E-state index in [4.69, 9.17) is 0 Å². The molecule has 4 aliphatic carbocycles. The van der Waals surface area contributed by atoms with Gasteiger partial charge in [0.25, 0.3) is 0 Å². The standard InChI is InChI=1S/C24H28F2.C23H26F2.C22H24F2.C21H22F2/c1-3-4-5-6-18-8-10-19(11-9-18)20-12-14-21(15-13-20)22-16-7-17(2)23(25)24(22)26;1-3-4-5-17-7-9-18(10-8-17)19-11-13-20(14-12-19)21-15-6-16(2)22(24)23(21)25;1-3-4-16-6-8-17(9-7-16)18-10-12-19(13-11-18)20-14-5-15(2)21(23)22(20)24;1-3-15-5-7-16(8-6-15)17-9-11-18(12-10-17)19-13-4-14(2)20(22)21(19)23/h3-4,7,12-16,18-19H,5-6,8-11H2,1-2H3;3,6,11-15,17-18H,1,4-5,7-10H2,2H3;3-5,10-14,16-17H,6-9H2,1-2H3;3-4,9-13,15-16H,1,5-8H2,2H3/b4-3+;;4-3+;. The van der Waals surface area contributed by atoms with Gasteiger partial charge < -0.3 is 0 Å². The molecule has 0 bridgehead atoms. The molecule has 98 heavy (non-hydrogen) atoms. The van der Waals surface area contributed by atoms with Crippen LogP contribution < -0.4 is 0 Å². The topological polar surface area (TPSA) is 0 Å². The zero-order valence-electron chi connectivity index (χ0n) is 58.5. The van der Waals surface area contributed by atoms with E-state index in [1.807, 2.05) is 54.6 Å². The molecule has 0 unspecified atom stereocenters. The molecule has 4 aliphatic rings. The summed E-state index contributed by atoms with van der Waals surface area (Å²) in [4.78, 5) is 0. The second-order valence-corrected chi connectivity index (χ2v) is 28.2. The Morgan fingerprint density at radius 1 is 0.306 bits per heavy atom. The van der Waals surface area contributed by atoms with E-state index in [0.717, 1.165) is 46.4 Å². The van der Waals surface area contributed by atoms with Crippen LogP contribution in [0.4, 0.5) is 35.1 Å². The molecule has 0 nitrogen and oxygen atoms in total. The summed E-state index contributed by atoms with van der Waals surface area (Å²) in [5.41, 5.74) is 10.9. The third-order valence-electron chi connectivity index (χ3n) is 21.7. The molecule has 4 saturated carbocycles. The van der Waals surface area contributed by atoms with Crippen molar-refractivity contribution in [2.45, 2.75) is 194 Å². The van der Waals surface area contributed by atoms with E-state index in [1.54, 1.807) is 76.2 Å². The second-order valence-electron chi connectivity index (χ2n) is 28.2. The van der Waals surface area contributed by atoms with Gasteiger partial charge in [-0.25, -0.2) is 35.1 Å². The van der Waals surface area contributed by atoms with Gasteiger partial charge in [0.1, 0.15) is 0 Å². The fourth-order valence-corrected chi connectivity index (χ4v) is 15.2. The van der Waals surface area contributed by atoms with Crippen LogP contribution in [0.3, 0.4) is 0 Å². The van der Waals surface area contributed by atoms with Crippen LogP contribution in [-0.2, 0) is 0 Å². The van der Waals surface area contributed by atoms with Crippen molar-refractivity contribution in [2.24, 2.45) is 23.7 Å². The van der Waals surface area contributed by atoms with Crippen LogP contribution in [-0.4, -0.2) is 0 Å². The maximum Gasteiger partial charge on any atom is 0.166 e. The van der Waals surface area contributed by atoms with E-state index in [-0.39, 0.29) is 0 Å². The highest BCUT2D eigenvalue weighted by atomic mass is 19.2. The van der Waals surface area contributed by atoms with E-state index >= 15 is 0 Å². The lowest BCUT2D eigenvalue weighted by Gasteiger charge is -2.28. The molecule has 0 amide bonds. The highest BCUT2D eigenvalue weighted by Gasteiger charge is 2.27. The van der Waals surface area contributed by atoms with Gasteiger partial charge in [0.15, 0.2) is 46.5 Å². The first-order chi connectivity index (χ1) is 47.4. The smallest absolute Gasteiger partial charge is 0.166 e. The van der Waals surface area contributed by atoms with Gasteiger partial charge in [-0.2, -0.15) is 0 Å². The Bertz CT molecular complexity index is 3920. The van der Waals surface area contributed by atoms with Gasteiger partial charge in [-0.1, -0.05) is 182 Å². The largest absolute Gasteiger partial charge is 0.203 e. The van der Waals surface area contributed by atoms with Crippen molar-refractivity contribution in [3.8, 4) is 44.5 Å². The lowest BCUT2D eigenvalue weighted by atomic mass is 9.77. The number of rotatable bonds is 16. The van der Waals surface area contributed by atoms with E-state index in [0.29, 0.717) is 74.1 Å². The van der Waals surface area contributed by atoms with Crippen molar-refractivity contribution in [1.82, 2.24) is 0 Å². The number of hydrogen-bond donors (Lipinski definition) is 0. The van der Waals surface area contributed by atoms with Crippen molar-refractivity contribution in [2.75, 3.05) is 0 Å². The highest BCUT2D eigenvalue weighted by molar-refractivity contribution is 5.68. The minimum atomic E-state index is -0.760. The molecule has 12 rings (SSSR count). The molecule has 516 valence electrons. The molecule has 0 N–H and O–H groups in total. The number of halogens is 8. The van der Waals surface area contributed by atoms with Gasteiger partial charge in [-0.3, -0.25) is 0 Å². The van der Waals surface area contributed by atoms with Gasteiger partial charge in [0.2, 0.25) is 0 Å². The first-order valence-corrected chi connectivity index (χ1v) is 36.1. The molecule has 8 aromatic carbocycles. The van der Waals surface area contributed by atoms with Crippen molar-refractivity contribution >= 4 is 0 Å². The van der Waals surface area contributed by atoms with Crippen LogP contribution in [0.5, 0.6) is 0 Å². The summed E-state index contributed by atoms with van der Waals surface area (Å²) in [6.45, 7) is 18.2. The first-order valence-electron chi connectivity index (χ1n) is 36.1. The summed E-state index contributed by atoms with van der Waals surface area (Å²) in [5.74, 6) is -0.630. The minimum absolute atomic E-state index is 0.329. The Morgan fingerprint density at radius 2 is 0.571 bits per heavy atom. The quantitative estimate of drug-likeness (QED) is 0.0668. The van der Waals surface area contributed by atoms with Gasteiger partial charge in [0, 0.05) is 22.3 Å². The summed E-state index contributed by atoms with van der Waals surface area (Å²) in [7, 11) is 0. The molecule has 0 heterocycles. The number of hydrogen-bond acceptors (Lipinski definition) is 0. The molecule has 0 aromatic heterocycles. The maximum atomic E-state index is 14.2. The van der Waals surface area contributed by atoms with Gasteiger partial charge in [0.05, 0.1) is 0 Å². The highest BCUT2D eigenvalue weighted by Crippen LogP contribution is 2.43. The number of allylic oxidation sites excluding steroid dienone is 6. The average Bonchev–Trinajstić information content (AvgIpc) is 0.849. The van der Waals surface area contributed by atoms with E-state index in [2.05, 4.69) is 106 Å². The first kappa shape index (κ1) is 74.4. The SMILES string of the molecule is C/C=C/C1CCC(c2ccc(-c3ccc(C)c(F)c3F)cc2)CC1.C/C=C/CCC1CCC(c2ccc(-c3ccc(C)c(F)c3F)cc2)CC1.C=CC1CCC(c2ccc(-c3ccc(C)c(F)c3F)cc2)CC1.C=CCCC1CCC(c2ccc(-c3ccc(C)c(F)c3F)cc2)CC1. The maximum absolute atomic E-state index is 14.2. The zero-order valence-corrected chi connectivity index (χ0v) is 58.5. The number of benzene rings is 8. The molecule has 8 aromatic rings. The molecule has 0 saturated heterocycles. The van der Waals surface area contributed by atoms with Crippen LogP contribution in [0.15, 0.2) is 195 Å². The zero-order chi connectivity index (χ0) is 69.8. The van der Waals surface area contributed by atoms with Crippen LogP contribution in [0.1, 0.15) is 210 Å². The summed E-state index contributed by atoms with van der Waals surface area (Å²) in [6.07, 6.45) is 37.4. The van der Waals surface area contributed by atoms with Crippen LogP contribution >= 0.6 is 0 Å². The fraction of sp³-hybridized carbons (Fsp3) is 0.378. The lowest BCUT2D eigenvalue weighted by Crippen LogP contribution is -2.13. The molecule has 0 aliphatic heterocycles. The molecular weight excluding hydrogens is 1230 g/mol. The minimum Gasteiger partial charge on any atom is -0.203 e. The fourth-order valence-electron chi connectivity index (χ4n) is 15.2. The van der Waals surface area contributed by atoms with Crippen molar-refractivity contribution in [3.63, 3.8) is 0 Å². The van der Waals surface area contributed by atoms with Crippen LogP contribution in [0.2, 0.25) is 0 Å². The van der Waals surface area contributed by atoms with E-state index in [1.165, 1.54) is 144 Å². The average molecular weight is 1330 g/mol. The third kappa shape index (κ3) is 19.3. The van der Waals surface area contributed by atoms with Gasteiger partial charge in [-0.05, 0) is 284 Å². The lowest BCUT2D eigenvalue weighted by molar-refractivity contribution is 0.312. The van der Waals surface area contributed by atoms with Crippen molar-refractivity contribution < 1.29 is 35.1 Å². The van der Waals surface area contributed by atoms with Gasteiger partial charge in [-0.15, -0.1) is 13.2 Å². The predicted molar refractivity (Wildman–Crippen MR) is 393 cm³/mol. The molecule has 8 heteroatoms. The number of aryl methyl sites for hydroxylation is 4. The van der Waals surface area contributed by atoms with Crippen LogP contribution in [0, 0.1) is 97.9 Å². The molecule has 4 fully saturated rings. The van der Waals surface area contributed by atoms with E-state index < -0.39 is 46.5 Å². The van der Waals surface area contributed by atoms with Gasteiger partial charge >= 0.3 is 0 Å². The van der Waals surface area contributed by atoms with Crippen molar-refractivity contribution in [3.05, 3.63) is 286 Å². The molecule has 0 radical (unpaired) electrons. The van der Waals surface area contributed by atoms with E-state index in [9.17, 15) is 35.1 Å². The normalized spacial score (nSPS) is 20.9. The molecular formula is C90H100F8. The Balaban J connectivity index is 0.000000153. The Hall–Kier alpha value is -7.84. The molecule has 0 spiro atoms.